The number of hydrogen-bond acceptors (Lipinski definition) is 5. The van der Waals surface area contributed by atoms with Gasteiger partial charge in [-0.1, -0.05) is 12.1 Å². The van der Waals surface area contributed by atoms with Gasteiger partial charge >= 0.3 is 11.9 Å². The molecule has 1 heterocycles. The highest BCUT2D eigenvalue weighted by Crippen LogP contribution is 2.38. The zero-order chi connectivity index (χ0) is 14.2. The Morgan fingerprint density at radius 1 is 1.00 bits per heavy atom. The van der Waals surface area contributed by atoms with Crippen LogP contribution < -0.4 is 0 Å². The van der Waals surface area contributed by atoms with Crippen LogP contribution in [-0.2, 0) is 19.1 Å². The molecule has 1 aromatic rings. The summed E-state index contributed by atoms with van der Waals surface area (Å²) in [5.41, 5.74) is 0.502. The Bertz CT molecular complexity index is 557. The Balaban J connectivity index is 1.86. The summed E-state index contributed by atoms with van der Waals surface area (Å²) in [6, 6.07) is 6.15. The molecule has 5 heteroatoms. The van der Waals surface area contributed by atoms with Crippen molar-refractivity contribution in [2.24, 2.45) is 0 Å². The van der Waals surface area contributed by atoms with Crippen molar-refractivity contribution in [1.29, 1.82) is 0 Å². The lowest BCUT2D eigenvalue weighted by molar-refractivity contribution is -0.232. The highest BCUT2D eigenvalue weighted by molar-refractivity contribution is 6.18. The third kappa shape index (κ3) is 2.27. The molecular formula is C15H14O5. The van der Waals surface area contributed by atoms with Gasteiger partial charge in [-0.2, -0.15) is 0 Å². The van der Waals surface area contributed by atoms with Crippen molar-refractivity contribution in [2.45, 2.75) is 31.5 Å². The Kier molecular flexibility index (Phi) is 2.97. The average molecular weight is 274 g/mol. The van der Waals surface area contributed by atoms with Crippen LogP contribution in [0.1, 0.15) is 31.2 Å². The highest BCUT2D eigenvalue weighted by atomic mass is 16.7. The van der Waals surface area contributed by atoms with Gasteiger partial charge in [0.2, 0.25) is 0 Å². The summed E-state index contributed by atoms with van der Waals surface area (Å²) in [4.78, 5) is 24.0. The van der Waals surface area contributed by atoms with Crippen LogP contribution in [0.2, 0.25) is 0 Å². The number of phenols is 1. The first kappa shape index (κ1) is 12.7. The molecule has 0 amide bonds. The van der Waals surface area contributed by atoms with E-state index in [1.807, 2.05) is 0 Å². The van der Waals surface area contributed by atoms with Crippen LogP contribution in [0, 0.1) is 0 Å². The minimum Gasteiger partial charge on any atom is -0.508 e. The molecule has 1 aliphatic carbocycles. The third-order valence-corrected chi connectivity index (χ3v) is 3.57. The Labute approximate surface area is 115 Å². The van der Waals surface area contributed by atoms with E-state index in [1.54, 1.807) is 12.1 Å². The van der Waals surface area contributed by atoms with E-state index in [2.05, 4.69) is 0 Å². The average Bonchev–Trinajstić information content (AvgIpc) is 2.84. The fourth-order valence-corrected chi connectivity index (χ4v) is 2.52. The second-order valence-corrected chi connectivity index (χ2v) is 5.05. The molecule has 1 saturated carbocycles. The van der Waals surface area contributed by atoms with E-state index >= 15 is 0 Å². The van der Waals surface area contributed by atoms with Gasteiger partial charge in [-0.05, 0) is 36.6 Å². The molecule has 1 aromatic carbocycles. The Morgan fingerprint density at radius 2 is 1.55 bits per heavy atom. The molecule has 3 rings (SSSR count). The largest absolute Gasteiger partial charge is 0.508 e. The van der Waals surface area contributed by atoms with Crippen LogP contribution in [-0.4, -0.2) is 22.8 Å². The Morgan fingerprint density at radius 3 is 2.10 bits per heavy atom. The van der Waals surface area contributed by atoms with Gasteiger partial charge in [0.15, 0.2) is 0 Å². The standard InChI is InChI=1S/C15H14O5/c16-11-5-3-10(4-6-11)9-12-13(17)19-15(20-14(12)18)7-1-2-8-15/h3-6,9,16H,1-2,7-8H2. The monoisotopic (exact) mass is 274 g/mol. The number of benzene rings is 1. The predicted octanol–water partition coefficient (Wildman–Crippen LogP) is 2.15. The minimum atomic E-state index is -1.04. The summed E-state index contributed by atoms with van der Waals surface area (Å²) in [6.45, 7) is 0. The van der Waals surface area contributed by atoms with Gasteiger partial charge in [-0.15, -0.1) is 0 Å². The quantitative estimate of drug-likeness (QED) is 0.482. The summed E-state index contributed by atoms with van der Waals surface area (Å²) in [6.07, 6.45) is 4.31. The van der Waals surface area contributed by atoms with Crippen molar-refractivity contribution >= 4 is 18.0 Å². The van der Waals surface area contributed by atoms with Crippen LogP contribution in [0.25, 0.3) is 6.08 Å². The molecule has 1 N–H and O–H groups in total. The molecule has 0 unspecified atom stereocenters. The first-order chi connectivity index (χ1) is 9.58. The van der Waals surface area contributed by atoms with E-state index in [-0.39, 0.29) is 11.3 Å². The van der Waals surface area contributed by atoms with Crippen LogP contribution in [0.4, 0.5) is 0 Å². The molecule has 5 nitrogen and oxygen atoms in total. The molecule has 2 fully saturated rings. The Hall–Kier alpha value is -2.30. The number of rotatable bonds is 1. The van der Waals surface area contributed by atoms with Gasteiger partial charge in [0.25, 0.3) is 5.79 Å². The number of ether oxygens (including phenoxy) is 2. The summed E-state index contributed by atoms with van der Waals surface area (Å²) in [7, 11) is 0. The SMILES string of the molecule is O=C1OC2(CCCC2)OC(=O)C1=Cc1ccc(O)cc1. The van der Waals surface area contributed by atoms with E-state index in [9.17, 15) is 14.7 Å². The van der Waals surface area contributed by atoms with E-state index < -0.39 is 17.7 Å². The fourth-order valence-electron chi connectivity index (χ4n) is 2.52. The zero-order valence-corrected chi connectivity index (χ0v) is 10.8. The molecular weight excluding hydrogens is 260 g/mol. The van der Waals surface area contributed by atoms with Gasteiger partial charge in [-0.25, -0.2) is 9.59 Å². The minimum absolute atomic E-state index is 0.117. The number of aromatic hydroxyl groups is 1. The molecule has 1 saturated heterocycles. The normalized spacial score (nSPS) is 20.7. The summed E-state index contributed by atoms with van der Waals surface area (Å²) in [5.74, 6) is -2.21. The molecule has 0 radical (unpaired) electrons. The van der Waals surface area contributed by atoms with E-state index in [0.717, 1.165) is 12.8 Å². The first-order valence-corrected chi connectivity index (χ1v) is 6.55. The maximum absolute atomic E-state index is 12.0. The van der Waals surface area contributed by atoms with Crippen LogP contribution in [0.15, 0.2) is 29.8 Å². The molecule has 0 aromatic heterocycles. The van der Waals surface area contributed by atoms with Crippen LogP contribution >= 0.6 is 0 Å². The van der Waals surface area contributed by atoms with Gasteiger partial charge in [0.1, 0.15) is 11.3 Å². The van der Waals surface area contributed by atoms with Crippen LogP contribution in [0.5, 0.6) is 5.75 Å². The van der Waals surface area contributed by atoms with Crippen molar-refractivity contribution < 1.29 is 24.2 Å². The number of esters is 2. The topological polar surface area (TPSA) is 72.8 Å². The molecule has 2 aliphatic rings. The van der Waals surface area contributed by atoms with Crippen molar-refractivity contribution in [3.63, 3.8) is 0 Å². The fraction of sp³-hybridized carbons (Fsp3) is 0.333. The molecule has 0 bridgehead atoms. The lowest BCUT2D eigenvalue weighted by atomic mass is 10.1. The number of phenolic OH excluding ortho intramolecular Hbond substituents is 1. The molecule has 104 valence electrons. The smallest absolute Gasteiger partial charge is 0.348 e. The molecule has 20 heavy (non-hydrogen) atoms. The highest BCUT2D eigenvalue weighted by Gasteiger charge is 2.47. The number of hydrogen-bond donors (Lipinski definition) is 1. The summed E-state index contributed by atoms with van der Waals surface area (Å²) in [5, 5.41) is 9.20. The number of carbonyl (C=O) groups excluding carboxylic acids is 2. The van der Waals surface area contributed by atoms with Gasteiger partial charge in [-0.3, -0.25) is 0 Å². The molecule has 1 spiro atoms. The van der Waals surface area contributed by atoms with Gasteiger partial charge in [0.05, 0.1) is 0 Å². The van der Waals surface area contributed by atoms with E-state index in [4.69, 9.17) is 9.47 Å². The molecule has 0 atom stereocenters. The predicted molar refractivity (Wildman–Crippen MR) is 69.5 cm³/mol. The van der Waals surface area contributed by atoms with E-state index in [0.29, 0.717) is 18.4 Å². The molecule has 1 aliphatic heterocycles. The summed E-state index contributed by atoms with van der Waals surface area (Å²) < 4.78 is 10.6. The van der Waals surface area contributed by atoms with Crippen LogP contribution in [0.3, 0.4) is 0 Å². The lowest BCUT2D eigenvalue weighted by Crippen LogP contribution is -2.44. The van der Waals surface area contributed by atoms with Crippen molar-refractivity contribution in [3.05, 3.63) is 35.4 Å². The van der Waals surface area contributed by atoms with Crippen molar-refractivity contribution in [1.82, 2.24) is 0 Å². The van der Waals surface area contributed by atoms with Gasteiger partial charge in [0, 0.05) is 12.8 Å². The van der Waals surface area contributed by atoms with E-state index in [1.165, 1.54) is 18.2 Å². The van der Waals surface area contributed by atoms with Gasteiger partial charge < -0.3 is 14.6 Å². The second-order valence-electron chi connectivity index (χ2n) is 5.05. The second kappa shape index (κ2) is 4.67. The maximum Gasteiger partial charge on any atom is 0.348 e. The summed E-state index contributed by atoms with van der Waals surface area (Å²) >= 11 is 0. The third-order valence-electron chi connectivity index (χ3n) is 3.57. The van der Waals surface area contributed by atoms with Crippen molar-refractivity contribution in [3.8, 4) is 5.75 Å². The maximum atomic E-state index is 12.0. The zero-order valence-electron chi connectivity index (χ0n) is 10.8. The van der Waals surface area contributed by atoms with Crippen molar-refractivity contribution in [2.75, 3.05) is 0 Å². The lowest BCUT2D eigenvalue weighted by Gasteiger charge is -2.32. The first-order valence-electron chi connectivity index (χ1n) is 6.55. The number of carbonyl (C=O) groups is 2.